The Bertz CT molecular complexity index is 681. The van der Waals surface area contributed by atoms with E-state index in [9.17, 15) is 4.79 Å². The van der Waals surface area contributed by atoms with Gasteiger partial charge in [0.25, 0.3) is 0 Å². The summed E-state index contributed by atoms with van der Waals surface area (Å²) in [6.45, 7) is 3.38. The number of likely N-dealkylation sites (N-methyl/N-ethyl adjacent to an activating group) is 1. The van der Waals surface area contributed by atoms with Crippen molar-refractivity contribution in [2.75, 3.05) is 18.5 Å². The first-order valence-corrected chi connectivity index (χ1v) is 9.58. The highest BCUT2D eigenvalue weighted by molar-refractivity contribution is 5.81. The minimum Gasteiger partial charge on any atom is -0.358 e. The Morgan fingerprint density at radius 1 is 1.08 bits per heavy atom. The number of benzene rings is 1. The van der Waals surface area contributed by atoms with E-state index in [1.165, 1.54) is 12.8 Å². The summed E-state index contributed by atoms with van der Waals surface area (Å²) in [5.41, 5.74) is 2.17. The molecule has 0 aliphatic heterocycles. The summed E-state index contributed by atoms with van der Waals surface area (Å²) in [4.78, 5) is 21.3. The molecule has 0 atom stereocenters. The first kappa shape index (κ1) is 18.4. The number of carbonyl (C=O) groups is 1. The molecule has 0 saturated heterocycles. The lowest BCUT2D eigenvalue weighted by atomic mass is 9.87. The summed E-state index contributed by atoms with van der Waals surface area (Å²) in [6, 6.07) is 14.5. The molecule has 2 aromatic rings. The normalized spacial score (nSPS) is 19.8. The number of pyridine rings is 1. The van der Waals surface area contributed by atoms with Crippen LogP contribution in [0.2, 0.25) is 0 Å². The topological polar surface area (TPSA) is 36.4 Å². The van der Waals surface area contributed by atoms with E-state index >= 15 is 0 Å². The number of aromatic nitrogens is 1. The van der Waals surface area contributed by atoms with Crippen LogP contribution in [0.25, 0.3) is 0 Å². The van der Waals surface area contributed by atoms with Gasteiger partial charge >= 0.3 is 0 Å². The lowest BCUT2D eigenvalue weighted by Crippen LogP contribution is -2.44. The second-order valence-corrected chi connectivity index (χ2v) is 7.47. The van der Waals surface area contributed by atoms with Gasteiger partial charge in [-0.15, -0.1) is 0 Å². The highest BCUT2D eigenvalue weighted by Crippen LogP contribution is 2.27. The smallest absolute Gasteiger partial charge is 0.242 e. The zero-order valence-corrected chi connectivity index (χ0v) is 15.8. The van der Waals surface area contributed by atoms with Crippen LogP contribution in [0.4, 0.5) is 5.69 Å². The average molecular weight is 351 g/mol. The molecule has 4 heteroatoms. The number of para-hydroxylation sites is 1. The maximum absolute atomic E-state index is 13.0. The van der Waals surface area contributed by atoms with Crippen LogP contribution in [0.1, 0.15) is 38.2 Å². The van der Waals surface area contributed by atoms with E-state index in [0.29, 0.717) is 19.1 Å². The van der Waals surface area contributed by atoms with Crippen molar-refractivity contribution in [3.05, 3.63) is 60.4 Å². The van der Waals surface area contributed by atoms with Crippen LogP contribution in [-0.2, 0) is 11.3 Å². The Labute approximate surface area is 156 Å². The molecular weight excluding hydrogens is 322 g/mol. The van der Waals surface area contributed by atoms with Crippen molar-refractivity contribution in [1.29, 1.82) is 0 Å². The zero-order valence-electron chi connectivity index (χ0n) is 15.8. The van der Waals surface area contributed by atoms with Crippen LogP contribution < -0.4 is 4.90 Å². The third-order valence-corrected chi connectivity index (χ3v) is 5.47. The van der Waals surface area contributed by atoms with Gasteiger partial charge in [0.15, 0.2) is 0 Å². The number of hydrogen-bond acceptors (Lipinski definition) is 3. The van der Waals surface area contributed by atoms with Gasteiger partial charge in [0.2, 0.25) is 5.91 Å². The molecule has 1 aromatic heterocycles. The molecular formula is C22H29N3O. The van der Waals surface area contributed by atoms with E-state index in [1.807, 2.05) is 42.4 Å². The predicted molar refractivity (Wildman–Crippen MR) is 106 cm³/mol. The van der Waals surface area contributed by atoms with Crippen molar-refractivity contribution in [3.63, 3.8) is 0 Å². The van der Waals surface area contributed by atoms with E-state index in [0.717, 1.165) is 30.0 Å². The van der Waals surface area contributed by atoms with Crippen molar-refractivity contribution in [1.82, 2.24) is 9.88 Å². The van der Waals surface area contributed by atoms with Crippen LogP contribution >= 0.6 is 0 Å². The molecule has 1 heterocycles. The average Bonchev–Trinajstić information content (AvgIpc) is 2.69. The first-order chi connectivity index (χ1) is 12.6. The highest BCUT2D eigenvalue weighted by atomic mass is 16.2. The van der Waals surface area contributed by atoms with Crippen LogP contribution in [0, 0.1) is 5.92 Å². The van der Waals surface area contributed by atoms with Crippen molar-refractivity contribution >= 4 is 11.6 Å². The zero-order chi connectivity index (χ0) is 18.4. The Balaban J connectivity index is 1.69. The van der Waals surface area contributed by atoms with E-state index in [1.54, 1.807) is 6.20 Å². The van der Waals surface area contributed by atoms with E-state index in [-0.39, 0.29) is 5.91 Å². The molecule has 138 valence electrons. The lowest BCUT2D eigenvalue weighted by molar-refractivity contribution is -0.131. The van der Waals surface area contributed by atoms with E-state index < -0.39 is 0 Å². The molecule has 3 rings (SSSR count). The van der Waals surface area contributed by atoms with Gasteiger partial charge in [-0.25, -0.2) is 0 Å². The van der Waals surface area contributed by atoms with Gasteiger partial charge < -0.3 is 9.80 Å². The molecule has 4 nitrogen and oxygen atoms in total. The van der Waals surface area contributed by atoms with Crippen molar-refractivity contribution in [2.45, 2.75) is 45.2 Å². The largest absolute Gasteiger partial charge is 0.358 e. The van der Waals surface area contributed by atoms with Crippen LogP contribution in [0.3, 0.4) is 0 Å². The SMILES string of the molecule is CC1CCC(N(C)C(=O)CN(Cc2cccnc2)c2ccccc2)CC1. The molecule has 1 fully saturated rings. The summed E-state index contributed by atoms with van der Waals surface area (Å²) in [5.74, 6) is 0.985. The molecule has 1 aromatic carbocycles. The molecule has 0 unspecified atom stereocenters. The number of carbonyl (C=O) groups excluding carboxylic acids is 1. The molecule has 0 N–H and O–H groups in total. The summed E-state index contributed by atoms with van der Waals surface area (Å²) in [5, 5.41) is 0. The second kappa shape index (κ2) is 8.84. The molecule has 1 amide bonds. The van der Waals surface area contributed by atoms with Crippen molar-refractivity contribution < 1.29 is 4.79 Å². The number of amides is 1. The van der Waals surface area contributed by atoms with Gasteiger partial charge in [-0.1, -0.05) is 31.2 Å². The number of anilines is 1. The van der Waals surface area contributed by atoms with Gasteiger partial charge in [-0.05, 0) is 55.4 Å². The van der Waals surface area contributed by atoms with Gasteiger partial charge in [0.1, 0.15) is 0 Å². The standard InChI is InChI=1S/C22H29N3O/c1-18-10-12-20(13-11-18)24(2)22(26)17-25(21-8-4-3-5-9-21)16-19-7-6-14-23-15-19/h3-9,14-15,18,20H,10-13,16-17H2,1-2H3. The summed E-state index contributed by atoms with van der Waals surface area (Å²) in [6.07, 6.45) is 8.33. The number of hydrogen-bond donors (Lipinski definition) is 0. The monoisotopic (exact) mass is 351 g/mol. The Morgan fingerprint density at radius 3 is 2.46 bits per heavy atom. The van der Waals surface area contributed by atoms with Crippen LogP contribution in [0.15, 0.2) is 54.9 Å². The third kappa shape index (κ3) is 4.84. The van der Waals surface area contributed by atoms with E-state index in [2.05, 4.69) is 35.0 Å². The minimum absolute atomic E-state index is 0.192. The molecule has 1 aliphatic rings. The Kier molecular flexibility index (Phi) is 6.26. The fourth-order valence-corrected chi connectivity index (χ4v) is 3.70. The quantitative estimate of drug-likeness (QED) is 0.785. The second-order valence-electron chi connectivity index (χ2n) is 7.47. The molecule has 1 aliphatic carbocycles. The van der Waals surface area contributed by atoms with Gasteiger partial charge in [-0.3, -0.25) is 9.78 Å². The molecule has 26 heavy (non-hydrogen) atoms. The third-order valence-electron chi connectivity index (χ3n) is 5.47. The first-order valence-electron chi connectivity index (χ1n) is 9.58. The van der Waals surface area contributed by atoms with Crippen LogP contribution in [-0.4, -0.2) is 35.4 Å². The molecule has 1 saturated carbocycles. The Morgan fingerprint density at radius 2 is 1.81 bits per heavy atom. The Hall–Kier alpha value is -2.36. The van der Waals surface area contributed by atoms with Crippen LogP contribution in [0.5, 0.6) is 0 Å². The van der Waals surface area contributed by atoms with Gasteiger partial charge in [-0.2, -0.15) is 0 Å². The summed E-state index contributed by atoms with van der Waals surface area (Å²) >= 11 is 0. The fraction of sp³-hybridized carbons (Fsp3) is 0.455. The van der Waals surface area contributed by atoms with Crippen molar-refractivity contribution in [2.24, 2.45) is 5.92 Å². The summed E-state index contributed by atoms with van der Waals surface area (Å²) in [7, 11) is 1.97. The highest BCUT2D eigenvalue weighted by Gasteiger charge is 2.25. The number of rotatable bonds is 6. The number of nitrogens with zero attached hydrogens (tertiary/aromatic N) is 3. The maximum atomic E-state index is 13.0. The molecule has 0 spiro atoms. The summed E-state index contributed by atoms with van der Waals surface area (Å²) < 4.78 is 0. The lowest BCUT2D eigenvalue weighted by Gasteiger charge is -2.35. The maximum Gasteiger partial charge on any atom is 0.242 e. The van der Waals surface area contributed by atoms with Gasteiger partial charge in [0, 0.05) is 37.7 Å². The van der Waals surface area contributed by atoms with E-state index in [4.69, 9.17) is 0 Å². The van der Waals surface area contributed by atoms with Crippen molar-refractivity contribution in [3.8, 4) is 0 Å². The fourth-order valence-electron chi connectivity index (χ4n) is 3.70. The predicted octanol–water partition coefficient (Wildman–Crippen LogP) is 4.13. The van der Waals surface area contributed by atoms with Gasteiger partial charge in [0.05, 0.1) is 6.54 Å². The molecule has 0 radical (unpaired) electrons. The molecule has 0 bridgehead atoms. The minimum atomic E-state index is 0.192.